The molecule has 2 aromatic carbocycles. The molecule has 2 fully saturated rings. The fourth-order valence-electron chi connectivity index (χ4n) is 3.94. The van der Waals surface area contributed by atoms with Crippen LogP contribution in [0.2, 0.25) is 5.02 Å². The number of anilines is 1. The maximum absolute atomic E-state index is 13.0. The number of halogens is 2. The zero-order chi connectivity index (χ0) is 19.7. The number of carbonyl (C=O) groups excluding carboxylic acids is 1. The molecule has 4 rings (SSSR count). The molecule has 148 valence electrons. The van der Waals surface area contributed by atoms with Gasteiger partial charge >= 0.3 is 0 Å². The number of hydrogen-bond donors (Lipinski definition) is 2. The third kappa shape index (κ3) is 4.20. The second-order valence-electron chi connectivity index (χ2n) is 7.42. The van der Waals surface area contributed by atoms with Gasteiger partial charge in [0.2, 0.25) is 5.91 Å². The molecule has 2 aliphatic heterocycles. The van der Waals surface area contributed by atoms with Gasteiger partial charge < -0.3 is 9.80 Å². The Bertz CT molecular complexity index is 852. The molecule has 0 radical (unpaired) electrons. The van der Waals surface area contributed by atoms with Crippen LogP contribution in [-0.2, 0) is 4.79 Å². The van der Waals surface area contributed by atoms with E-state index in [2.05, 4.69) is 50.7 Å². The lowest BCUT2D eigenvalue weighted by molar-refractivity contribution is -0.133. The van der Waals surface area contributed by atoms with Gasteiger partial charge in [-0.15, -0.1) is 0 Å². The average Bonchev–Trinajstić information content (AvgIpc) is 3.20. The van der Waals surface area contributed by atoms with Crippen molar-refractivity contribution in [2.24, 2.45) is 0 Å². The fraction of sp³-hybridized carbons (Fsp3) is 0.381. The number of amides is 1. The first-order valence-corrected chi connectivity index (χ1v) is 10.7. The van der Waals surface area contributed by atoms with E-state index in [-0.39, 0.29) is 18.0 Å². The first-order chi connectivity index (χ1) is 13.5. The van der Waals surface area contributed by atoms with Crippen LogP contribution in [0.25, 0.3) is 0 Å². The Morgan fingerprint density at radius 1 is 1.07 bits per heavy atom. The summed E-state index contributed by atoms with van der Waals surface area (Å²) in [5, 5.41) is 0.749. The molecule has 2 N–H and O–H groups in total. The predicted molar refractivity (Wildman–Crippen MR) is 117 cm³/mol. The summed E-state index contributed by atoms with van der Waals surface area (Å²) >= 11 is 9.63. The number of nitrogens with one attached hydrogen (secondary N) is 2. The monoisotopic (exact) mass is 462 g/mol. The second-order valence-corrected chi connectivity index (χ2v) is 8.78. The number of rotatable bonds is 3. The number of carbonyl (C=O) groups is 1. The van der Waals surface area contributed by atoms with Gasteiger partial charge in [-0.3, -0.25) is 4.79 Å². The highest BCUT2D eigenvalue weighted by atomic mass is 79.9. The third-order valence-electron chi connectivity index (χ3n) is 5.58. The van der Waals surface area contributed by atoms with Crippen LogP contribution in [0.3, 0.4) is 0 Å². The van der Waals surface area contributed by atoms with Crippen LogP contribution in [0.15, 0.2) is 46.9 Å². The molecule has 7 heteroatoms. The first kappa shape index (κ1) is 19.7. The molecule has 0 saturated carbocycles. The lowest BCUT2D eigenvalue weighted by Crippen LogP contribution is -2.53. The quantitative estimate of drug-likeness (QED) is 0.729. The molecule has 0 aliphatic carbocycles. The van der Waals surface area contributed by atoms with Gasteiger partial charge in [0, 0.05) is 47.4 Å². The standard InChI is InChI=1S/C21H24BrClN4O/c1-14-2-7-17(23)12-20(14)26-8-10-27(11-9-26)21(28)19-13-18(24-25-19)15-3-5-16(22)6-4-15/h2-7,12,18-19,24-25H,8-11,13H2,1H3. The normalized spacial score (nSPS) is 22.5. The number of hydrogen-bond acceptors (Lipinski definition) is 4. The molecule has 0 spiro atoms. The van der Waals surface area contributed by atoms with Crippen LogP contribution in [0.5, 0.6) is 0 Å². The Balaban J connectivity index is 1.34. The Hall–Kier alpha value is -1.60. The summed E-state index contributed by atoms with van der Waals surface area (Å²) in [5.74, 6) is 0.176. The minimum Gasteiger partial charge on any atom is -0.368 e. The van der Waals surface area contributed by atoms with Crippen LogP contribution in [0, 0.1) is 6.92 Å². The molecular weight excluding hydrogens is 440 g/mol. The lowest BCUT2D eigenvalue weighted by atomic mass is 10.0. The summed E-state index contributed by atoms with van der Waals surface area (Å²) < 4.78 is 1.06. The average molecular weight is 464 g/mol. The smallest absolute Gasteiger partial charge is 0.241 e. The van der Waals surface area contributed by atoms with Crippen LogP contribution in [0.1, 0.15) is 23.6 Å². The summed E-state index contributed by atoms with van der Waals surface area (Å²) in [6, 6.07) is 14.2. The number of nitrogens with zero attached hydrogens (tertiary/aromatic N) is 2. The van der Waals surface area contributed by atoms with E-state index in [0.29, 0.717) is 0 Å². The van der Waals surface area contributed by atoms with E-state index in [0.717, 1.165) is 47.8 Å². The minimum absolute atomic E-state index is 0.150. The lowest BCUT2D eigenvalue weighted by Gasteiger charge is -2.37. The van der Waals surface area contributed by atoms with E-state index in [1.807, 2.05) is 35.2 Å². The summed E-state index contributed by atoms with van der Waals surface area (Å²) in [6.45, 7) is 5.20. The van der Waals surface area contributed by atoms with Gasteiger partial charge in [-0.2, -0.15) is 0 Å². The second kappa shape index (κ2) is 8.41. The summed E-state index contributed by atoms with van der Waals surface area (Å²) in [6.07, 6.45) is 0.758. The van der Waals surface area contributed by atoms with Crippen molar-refractivity contribution in [3.8, 4) is 0 Å². The molecule has 0 aromatic heterocycles. The highest BCUT2D eigenvalue weighted by Crippen LogP contribution is 2.27. The molecule has 0 bridgehead atoms. The number of hydrazine groups is 1. The molecule has 2 aromatic rings. The number of benzene rings is 2. The SMILES string of the molecule is Cc1ccc(Cl)cc1N1CCN(C(=O)C2CC(c3ccc(Br)cc3)NN2)CC1. The Morgan fingerprint density at radius 3 is 2.50 bits per heavy atom. The molecule has 2 saturated heterocycles. The van der Waals surface area contributed by atoms with E-state index in [1.54, 1.807) is 0 Å². The summed E-state index contributed by atoms with van der Waals surface area (Å²) in [7, 11) is 0. The molecule has 5 nitrogen and oxygen atoms in total. The van der Waals surface area contributed by atoms with Crippen molar-refractivity contribution in [3.05, 3.63) is 63.1 Å². The van der Waals surface area contributed by atoms with Crippen molar-refractivity contribution in [3.63, 3.8) is 0 Å². The Kier molecular flexibility index (Phi) is 5.92. The number of piperazine rings is 1. The Labute approximate surface area is 179 Å². The van der Waals surface area contributed by atoms with Gasteiger partial charge in [0.25, 0.3) is 0 Å². The molecule has 2 aliphatic rings. The van der Waals surface area contributed by atoms with Crippen molar-refractivity contribution < 1.29 is 4.79 Å². The van der Waals surface area contributed by atoms with Crippen molar-refractivity contribution in [1.29, 1.82) is 0 Å². The molecule has 1 amide bonds. The predicted octanol–water partition coefficient (Wildman–Crippen LogP) is 3.67. The van der Waals surface area contributed by atoms with Gasteiger partial charge in [0.05, 0.1) is 0 Å². The van der Waals surface area contributed by atoms with Gasteiger partial charge in [-0.1, -0.05) is 45.7 Å². The van der Waals surface area contributed by atoms with E-state index in [1.165, 1.54) is 11.1 Å². The molecule has 28 heavy (non-hydrogen) atoms. The van der Waals surface area contributed by atoms with Crippen LogP contribution in [0.4, 0.5) is 5.69 Å². The van der Waals surface area contributed by atoms with E-state index in [9.17, 15) is 4.79 Å². The van der Waals surface area contributed by atoms with E-state index in [4.69, 9.17) is 11.6 Å². The number of aryl methyl sites for hydroxylation is 1. The Morgan fingerprint density at radius 2 is 1.79 bits per heavy atom. The van der Waals surface area contributed by atoms with E-state index >= 15 is 0 Å². The zero-order valence-electron chi connectivity index (χ0n) is 15.8. The van der Waals surface area contributed by atoms with Crippen molar-refractivity contribution in [2.45, 2.75) is 25.4 Å². The van der Waals surface area contributed by atoms with Crippen molar-refractivity contribution >= 4 is 39.1 Å². The van der Waals surface area contributed by atoms with Crippen LogP contribution >= 0.6 is 27.5 Å². The summed E-state index contributed by atoms with van der Waals surface area (Å²) in [4.78, 5) is 17.3. The van der Waals surface area contributed by atoms with Gasteiger partial charge in [-0.05, 0) is 48.7 Å². The molecule has 2 heterocycles. The maximum atomic E-state index is 13.0. The minimum atomic E-state index is -0.187. The van der Waals surface area contributed by atoms with E-state index < -0.39 is 0 Å². The van der Waals surface area contributed by atoms with Crippen molar-refractivity contribution in [2.75, 3.05) is 31.1 Å². The molecule has 2 atom stereocenters. The van der Waals surface area contributed by atoms with Gasteiger partial charge in [0.1, 0.15) is 6.04 Å². The van der Waals surface area contributed by atoms with Crippen molar-refractivity contribution in [1.82, 2.24) is 15.8 Å². The van der Waals surface area contributed by atoms with Crippen LogP contribution in [-0.4, -0.2) is 43.0 Å². The molecule has 2 unspecified atom stereocenters. The third-order valence-corrected chi connectivity index (χ3v) is 6.34. The largest absolute Gasteiger partial charge is 0.368 e. The molecular formula is C21H24BrClN4O. The van der Waals surface area contributed by atoms with Gasteiger partial charge in [0.15, 0.2) is 0 Å². The fourth-order valence-corrected chi connectivity index (χ4v) is 4.37. The highest BCUT2D eigenvalue weighted by molar-refractivity contribution is 9.10. The summed E-state index contributed by atoms with van der Waals surface area (Å²) in [5.41, 5.74) is 10.0. The zero-order valence-corrected chi connectivity index (χ0v) is 18.1. The first-order valence-electron chi connectivity index (χ1n) is 9.57. The topological polar surface area (TPSA) is 47.6 Å². The highest BCUT2D eigenvalue weighted by Gasteiger charge is 2.34. The van der Waals surface area contributed by atoms with Gasteiger partial charge in [-0.25, -0.2) is 10.9 Å². The van der Waals surface area contributed by atoms with Crippen LogP contribution < -0.4 is 15.8 Å². The maximum Gasteiger partial charge on any atom is 0.241 e.